The summed E-state index contributed by atoms with van der Waals surface area (Å²) in [5.41, 5.74) is 0.803. The van der Waals surface area contributed by atoms with E-state index in [2.05, 4.69) is 5.32 Å². The number of hydrogen-bond donors (Lipinski definition) is 1. The molecule has 0 saturated carbocycles. The van der Waals surface area contributed by atoms with Crippen LogP contribution in [-0.4, -0.2) is 65.2 Å². The molecule has 2 rings (SSSR count). The standard InChI is InChI=1S/C23H30ClN3O6S/c1-6-19(23(29)25-2)26(14-16-9-7-8-10-18(16)24)22(28)15-27(34(5,30)31)20-12-11-17(32-3)13-21(20)33-4/h7-13,19H,6,14-15H2,1-5H3,(H,25,29)/t19-/m1/s1. The van der Waals surface area contributed by atoms with Gasteiger partial charge in [0.05, 0.1) is 26.2 Å². The summed E-state index contributed by atoms with van der Waals surface area (Å²) in [7, 11) is 0.447. The molecule has 0 aromatic heterocycles. The third-order valence-electron chi connectivity index (χ3n) is 5.27. The molecule has 2 aromatic carbocycles. The summed E-state index contributed by atoms with van der Waals surface area (Å²) in [4.78, 5) is 27.5. The van der Waals surface area contributed by atoms with Gasteiger partial charge in [0.15, 0.2) is 0 Å². The minimum Gasteiger partial charge on any atom is -0.497 e. The van der Waals surface area contributed by atoms with Gasteiger partial charge in [0.2, 0.25) is 21.8 Å². The molecule has 0 aliphatic heterocycles. The highest BCUT2D eigenvalue weighted by Crippen LogP contribution is 2.34. The number of amides is 2. The van der Waals surface area contributed by atoms with Crippen molar-refractivity contribution in [2.24, 2.45) is 0 Å². The lowest BCUT2D eigenvalue weighted by Gasteiger charge is -2.33. The van der Waals surface area contributed by atoms with Gasteiger partial charge in [0.1, 0.15) is 24.1 Å². The lowest BCUT2D eigenvalue weighted by Crippen LogP contribution is -2.51. The van der Waals surface area contributed by atoms with Gasteiger partial charge in [-0.25, -0.2) is 8.42 Å². The normalized spacial score (nSPS) is 11.9. The molecule has 0 bridgehead atoms. The molecule has 1 N–H and O–H groups in total. The van der Waals surface area contributed by atoms with Gasteiger partial charge in [-0.2, -0.15) is 0 Å². The largest absolute Gasteiger partial charge is 0.497 e. The lowest BCUT2D eigenvalue weighted by atomic mass is 10.1. The van der Waals surface area contributed by atoms with Crippen LogP contribution in [-0.2, 0) is 26.2 Å². The maximum Gasteiger partial charge on any atom is 0.244 e. The van der Waals surface area contributed by atoms with Crippen LogP contribution >= 0.6 is 11.6 Å². The van der Waals surface area contributed by atoms with Crippen molar-refractivity contribution in [3.63, 3.8) is 0 Å². The van der Waals surface area contributed by atoms with Crippen LogP contribution in [0.5, 0.6) is 11.5 Å². The van der Waals surface area contributed by atoms with E-state index in [1.807, 2.05) is 0 Å². The Bertz CT molecular complexity index is 1130. The van der Waals surface area contributed by atoms with Gasteiger partial charge in [-0.15, -0.1) is 0 Å². The average Bonchev–Trinajstić information content (AvgIpc) is 2.82. The quantitative estimate of drug-likeness (QED) is 0.497. The van der Waals surface area contributed by atoms with Gasteiger partial charge in [-0.05, 0) is 30.2 Å². The summed E-state index contributed by atoms with van der Waals surface area (Å²) >= 11 is 6.30. The molecule has 9 nitrogen and oxygen atoms in total. The topological polar surface area (TPSA) is 105 Å². The molecular weight excluding hydrogens is 482 g/mol. The summed E-state index contributed by atoms with van der Waals surface area (Å²) < 4.78 is 36.9. The zero-order chi connectivity index (χ0) is 25.5. The fourth-order valence-electron chi connectivity index (χ4n) is 3.48. The Kier molecular flexibility index (Phi) is 9.57. The molecular formula is C23H30ClN3O6S. The van der Waals surface area contributed by atoms with Crippen LogP contribution in [0.15, 0.2) is 42.5 Å². The van der Waals surface area contributed by atoms with Crippen molar-refractivity contribution in [3.05, 3.63) is 53.1 Å². The van der Waals surface area contributed by atoms with Crippen molar-refractivity contribution in [2.75, 3.05) is 38.4 Å². The second-order valence-corrected chi connectivity index (χ2v) is 9.77. The first-order valence-electron chi connectivity index (χ1n) is 10.5. The van der Waals surface area contributed by atoms with Crippen molar-refractivity contribution >= 4 is 39.1 Å². The number of nitrogens with one attached hydrogen (secondary N) is 1. The second kappa shape index (κ2) is 11.9. The van der Waals surface area contributed by atoms with Crippen LogP contribution in [0, 0.1) is 0 Å². The molecule has 0 unspecified atom stereocenters. The van der Waals surface area contributed by atoms with E-state index in [1.165, 1.54) is 38.3 Å². The number of carbonyl (C=O) groups excluding carboxylic acids is 2. The van der Waals surface area contributed by atoms with E-state index in [0.717, 1.165) is 10.6 Å². The van der Waals surface area contributed by atoms with Crippen LogP contribution in [0.2, 0.25) is 5.02 Å². The Labute approximate surface area is 205 Å². The van der Waals surface area contributed by atoms with Gasteiger partial charge < -0.3 is 19.7 Å². The SMILES string of the molecule is CC[C@H](C(=O)NC)N(Cc1ccccc1Cl)C(=O)CN(c1ccc(OC)cc1OC)S(C)(=O)=O. The average molecular weight is 512 g/mol. The number of sulfonamides is 1. The minimum absolute atomic E-state index is 0.0295. The zero-order valence-corrected chi connectivity index (χ0v) is 21.4. The van der Waals surface area contributed by atoms with E-state index in [4.69, 9.17) is 21.1 Å². The number of benzene rings is 2. The Balaban J connectivity index is 2.51. The van der Waals surface area contributed by atoms with Crippen LogP contribution in [0.3, 0.4) is 0 Å². The van der Waals surface area contributed by atoms with Crippen molar-refractivity contribution < 1.29 is 27.5 Å². The smallest absolute Gasteiger partial charge is 0.244 e. The predicted molar refractivity (Wildman–Crippen MR) is 132 cm³/mol. The highest BCUT2D eigenvalue weighted by atomic mass is 35.5. The number of anilines is 1. The number of methoxy groups -OCH3 is 2. The molecule has 11 heteroatoms. The predicted octanol–water partition coefficient (Wildman–Crippen LogP) is 2.68. The van der Waals surface area contributed by atoms with Crippen LogP contribution < -0.4 is 19.1 Å². The van der Waals surface area contributed by atoms with Crippen molar-refractivity contribution in [1.82, 2.24) is 10.2 Å². The molecule has 34 heavy (non-hydrogen) atoms. The fraction of sp³-hybridized carbons (Fsp3) is 0.391. The number of rotatable bonds is 11. The second-order valence-electron chi connectivity index (χ2n) is 7.46. The number of hydrogen-bond acceptors (Lipinski definition) is 6. The van der Waals surface area contributed by atoms with Gasteiger partial charge in [-0.3, -0.25) is 13.9 Å². The molecule has 186 valence electrons. The van der Waals surface area contributed by atoms with E-state index in [9.17, 15) is 18.0 Å². The molecule has 0 aliphatic carbocycles. The van der Waals surface area contributed by atoms with Crippen molar-refractivity contribution in [1.29, 1.82) is 0 Å². The third kappa shape index (κ3) is 6.54. The minimum atomic E-state index is -3.90. The molecule has 2 amide bonds. The molecule has 0 aliphatic rings. The number of halogens is 1. The summed E-state index contributed by atoms with van der Waals surface area (Å²) in [5, 5.41) is 3.00. The first kappa shape index (κ1) is 27.3. The van der Waals surface area contributed by atoms with E-state index in [-0.39, 0.29) is 23.9 Å². The molecule has 0 heterocycles. The molecule has 2 aromatic rings. The summed E-state index contributed by atoms with van der Waals surface area (Å²) in [6.07, 6.45) is 1.32. The van der Waals surface area contributed by atoms with E-state index >= 15 is 0 Å². The van der Waals surface area contributed by atoms with Gasteiger partial charge in [0.25, 0.3) is 0 Å². The summed E-state index contributed by atoms with van der Waals surface area (Å²) in [5.74, 6) is -0.255. The Hall–Kier alpha value is -2.98. The first-order valence-corrected chi connectivity index (χ1v) is 12.7. The van der Waals surface area contributed by atoms with Gasteiger partial charge in [-0.1, -0.05) is 36.7 Å². The fourth-order valence-corrected chi connectivity index (χ4v) is 4.53. The van der Waals surface area contributed by atoms with Crippen molar-refractivity contribution in [3.8, 4) is 11.5 Å². The monoisotopic (exact) mass is 511 g/mol. The Morgan fingerprint density at radius 3 is 2.32 bits per heavy atom. The first-order chi connectivity index (χ1) is 16.1. The van der Waals surface area contributed by atoms with Crippen molar-refractivity contribution in [2.45, 2.75) is 25.9 Å². The van der Waals surface area contributed by atoms with Crippen LogP contribution in [0.4, 0.5) is 5.69 Å². The number of nitrogens with zero attached hydrogens (tertiary/aromatic N) is 2. The molecule has 0 fully saturated rings. The summed E-state index contributed by atoms with van der Waals surface area (Å²) in [6.45, 7) is 1.26. The van der Waals surface area contributed by atoms with E-state index < -0.39 is 28.5 Å². The van der Waals surface area contributed by atoms with Gasteiger partial charge >= 0.3 is 0 Å². The van der Waals surface area contributed by atoms with E-state index in [1.54, 1.807) is 37.3 Å². The van der Waals surface area contributed by atoms with E-state index in [0.29, 0.717) is 22.8 Å². The maximum absolute atomic E-state index is 13.6. The molecule has 0 saturated heterocycles. The molecule has 0 spiro atoms. The molecule has 1 atom stereocenters. The zero-order valence-electron chi connectivity index (χ0n) is 19.9. The third-order valence-corrected chi connectivity index (χ3v) is 6.76. The van der Waals surface area contributed by atoms with Gasteiger partial charge in [0, 0.05) is 24.7 Å². The summed E-state index contributed by atoms with van der Waals surface area (Å²) in [6, 6.07) is 10.7. The molecule has 0 radical (unpaired) electrons. The Morgan fingerprint density at radius 1 is 1.12 bits per heavy atom. The maximum atomic E-state index is 13.6. The number of ether oxygens (including phenoxy) is 2. The highest BCUT2D eigenvalue weighted by molar-refractivity contribution is 7.92. The Morgan fingerprint density at radius 2 is 1.79 bits per heavy atom. The van der Waals surface area contributed by atoms with Crippen LogP contribution in [0.1, 0.15) is 18.9 Å². The number of likely N-dealkylation sites (N-methyl/N-ethyl adjacent to an activating group) is 1. The lowest BCUT2D eigenvalue weighted by molar-refractivity contribution is -0.140. The van der Waals surface area contributed by atoms with Crippen LogP contribution in [0.25, 0.3) is 0 Å². The number of carbonyl (C=O) groups is 2. The highest BCUT2D eigenvalue weighted by Gasteiger charge is 2.32.